The summed E-state index contributed by atoms with van der Waals surface area (Å²) in [5, 5.41) is 17.0. The van der Waals surface area contributed by atoms with Gasteiger partial charge in [-0.3, -0.25) is 9.55 Å². The molecule has 0 amide bonds. The minimum absolute atomic E-state index is 0. The average molecular weight is 958 g/mol. The maximum Gasteiger partial charge on any atom is 0.149 e. The van der Waals surface area contributed by atoms with Crippen LogP contribution in [0.4, 0.5) is 0 Å². The molecule has 0 aliphatic carbocycles. The van der Waals surface area contributed by atoms with Gasteiger partial charge in [-0.2, -0.15) is 0 Å². The summed E-state index contributed by atoms with van der Waals surface area (Å²) in [4.78, 5) is 10.6. The molecular weight excluding hydrogens is 910 g/mol. The van der Waals surface area contributed by atoms with Crippen LogP contribution in [-0.2, 0) is 31.9 Å². The van der Waals surface area contributed by atoms with Gasteiger partial charge in [-0.1, -0.05) is 151 Å². The van der Waals surface area contributed by atoms with Gasteiger partial charge in [0.2, 0.25) is 0 Å². The van der Waals surface area contributed by atoms with Crippen molar-refractivity contribution in [3.05, 3.63) is 126 Å². The molecule has 2 aromatic heterocycles. The molecule has 0 saturated carbocycles. The van der Waals surface area contributed by atoms with E-state index in [1.807, 2.05) is 12.3 Å². The zero-order valence-corrected chi connectivity index (χ0v) is 38.7. The standard InChI is InChI=1S/C50H48N3OSi2.Pt/c1-49(2,3)33-24-31(23-32(25-33)36-26-30(21-22-51-36)29-15-12-11-13-16-29)34-17-14-18-37-46(34)52-48-45-44-41(27-35(47(45)54)50(4,5)6)56(9,10)40-20-19-39-42(43(40)44)38(53(37)48)28-55(39,7)8;/h11-22,24-28,54H,1-10H3;/q-1;. The van der Waals surface area contributed by atoms with Crippen LogP contribution in [0.1, 0.15) is 58.2 Å². The molecular formula is C50H48N3OPtSi2-. The monoisotopic (exact) mass is 957 g/mol. The van der Waals surface area contributed by atoms with Crippen molar-refractivity contribution in [1.82, 2.24) is 14.5 Å². The summed E-state index contributed by atoms with van der Waals surface area (Å²) < 4.78 is 2.40. The van der Waals surface area contributed by atoms with E-state index in [-0.39, 0.29) is 31.9 Å². The molecule has 288 valence electrons. The molecule has 0 spiro atoms. The molecule has 4 nitrogen and oxygen atoms in total. The predicted octanol–water partition coefficient (Wildman–Crippen LogP) is 10.7. The van der Waals surface area contributed by atoms with Crippen LogP contribution in [0.2, 0.25) is 26.2 Å². The van der Waals surface area contributed by atoms with E-state index in [1.165, 1.54) is 43.5 Å². The third-order valence-electron chi connectivity index (χ3n) is 12.7. The Labute approximate surface area is 353 Å². The Morgan fingerprint density at radius 3 is 2.09 bits per heavy atom. The average Bonchev–Trinajstić information content (AvgIpc) is 3.71. The van der Waals surface area contributed by atoms with E-state index in [4.69, 9.17) is 9.97 Å². The second kappa shape index (κ2) is 12.4. The van der Waals surface area contributed by atoms with Crippen molar-refractivity contribution in [2.24, 2.45) is 0 Å². The van der Waals surface area contributed by atoms with E-state index in [0.29, 0.717) is 5.75 Å². The van der Waals surface area contributed by atoms with Crippen LogP contribution < -0.4 is 15.6 Å². The van der Waals surface area contributed by atoms with Crippen LogP contribution in [0.5, 0.6) is 5.75 Å². The topological polar surface area (TPSA) is 50.9 Å². The first-order valence-corrected chi connectivity index (χ1v) is 26.0. The summed E-state index contributed by atoms with van der Waals surface area (Å²) >= 11 is 0. The van der Waals surface area contributed by atoms with Gasteiger partial charge in [0.05, 0.1) is 16.6 Å². The number of rotatable bonds is 3. The van der Waals surface area contributed by atoms with Crippen molar-refractivity contribution in [3.63, 3.8) is 0 Å². The van der Waals surface area contributed by atoms with Crippen molar-refractivity contribution in [2.45, 2.75) is 78.6 Å². The number of para-hydroxylation sites is 1. The summed E-state index contributed by atoms with van der Waals surface area (Å²) in [5.41, 5.74) is 18.5. The van der Waals surface area contributed by atoms with Crippen LogP contribution >= 0.6 is 0 Å². The van der Waals surface area contributed by atoms with Gasteiger partial charge in [0.25, 0.3) is 0 Å². The number of pyridine rings is 1. The molecule has 3 aliphatic rings. The molecule has 0 fully saturated rings. The molecule has 7 heteroatoms. The minimum Gasteiger partial charge on any atom is -0.507 e. The quantitative estimate of drug-likeness (QED) is 0.142. The molecule has 0 bridgehead atoms. The second-order valence-electron chi connectivity index (χ2n) is 19.3. The Morgan fingerprint density at radius 2 is 1.37 bits per heavy atom. The number of hydrogen-bond acceptors (Lipinski definition) is 3. The Bertz CT molecular complexity index is 2890. The number of phenolic OH excluding ortho intramolecular Hbond substituents is 1. The van der Waals surface area contributed by atoms with Gasteiger partial charge >= 0.3 is 0 Å². The summed E-state index contributed by atoms with van der Waals surface area (Å²) in [7, 11) is -4.07. The first-order valence-electron chi connectivity index (χ1n) is 19.9. The maximum absolute atomic E-state index is 12.6. The molecule has 7 aromatic rings. The molecule has 3 aliphatic heterocycles. The van der Waals surface area contributed by atoms with E-state index in [1.54, 1.807) is 0 Å². The third-order valence-corrected chi connectivity index (χ3v) is 19.0. The number of phenols is 1. The van der Waals surface area contributed by atoms with Gasteiger partial charge in [0.15, 0.2) is 0 Å². The Balaban J connectivity index is 0.00000422. The van der Waals surface area contributed by atoms with E-state index in [9.17, 15) is 5.11 Å². The Kier molecular flexibility index (Phi) is 8.28. The SMILES string of the molecule is CC(C)(C)c1cc(-c2cc(-c3ccccc3)ccn2)[c-]c(-c2cccc3c2nc2n3C3=C[Si](C)(C)c4ccc5c(c43)-c3c(cc(C(C)(C)C)c(O)c3-2)[Si]5(C)C)c1.[Pt]. The van der Waals surface area contributed by atoms with Crippen molar-refractivity contribution < 1.29 is 26.2 Å². The van der Waals surface area contributed by atoms with E-state index >= 15 is 0 Å². The molecule has 0 atom stereocenters. The van der Waals surface area contributed by atoms with Crippen LogP contribution in [0, 0.1) is 6.07 Å². The fourth-order valence-electron chi connectivity index (χ4n) is 9.62. The van der Waals surface area contributed by atoms with Crippen molar-refractivity contribution >= 4 is 48.4 Å². The fourth-order valence-corrected chi connectivity index (χ4v) is 15.2. The van der Waals surface area contributed by atoms with Crippen molar-refractivity contribution in [3.8, 4) is 61.8 Å². The summed E-state index contributed by atoms with van der Waals surface area (Å²) in [5.74, 6) is 1.18. The number of hydrogen-bond donors (Lipinski definition) is 1. The van der Waals surface area contributed by atoms with Gasteiger partial charge < -0.3 is 5.11 Å². The van der Waals surface area contributed by atoms with Gasteiger partial charge in [0, 0.05) is 44.2 Å². The Morgan fingerprint density at radius 1 is 0.667 bits per heavy atom. The van der Waals surface area contributed by atoms with Gasteiger partial charge in [-0.25, -0.2) is 4.98 Å². The zero-order chi connectivity index (χ0) is 39.3. The molecule has 10 rings (SSSR count). The number of fused-ring (bicyclic) bond motifs is 5. The molecule has 5 aromatic carbocycles. The normalized spacial score (nSPS) is 15.5. The largest absolute Gasteiger partial charge is 0.507 e. The van der Waals surface area contributed by atoms with Gasteiger partial charge in [0.1, 0.15) is 27.7 Å². The van der Waals surface area contributed by atoms with Crippen LogP contribution in [0.25, 0.3) is 72.8 Å². The minimum atomic E-state index is -2.11. The predicted molar refractivity (Wildman–Crippen MR) is 240 cm³/mol. The third kappa shape index (κ3) is 5.47. The van der Waals surface area contributed by atoms with Crippen molar-refractivity contribution in [1.29, 1.82) is 0 Å². The number of aromatic hydroxyl groups is 1. The number of imidazole rings is 1. The zero-order valence-electron chi connectivity index (χ0n) is 34.4. The van der Waals surface area contributed by atoms with Crippen LogP contribution in [0.15, 0.2) is 103 Å². The maximum atomic E-state index is 12.6. The van der Waals surface area contributed by atoms with Crippen LogP contribution in [0.3, 0.4) is 0 Å². The number of aromatic nitrogens is 3. The fraction of sp³-hybridized carbons (Fsp3) is 0.240. The summed E-state index contributed by atoms with van der Waals surface area (Å²) in [6.45, 7) is 23.3. The van der Waals surface area contributed by atoms with Gasteiger partial charge in [-0.05, 0) is 66.3 Å². The Hall–Kier alpha value is -4.62. The molecule has 57 heavy (non-hydrogen) atoms. The van der Waals surface area contributed by atoms with Crippen molar-refractivity contribution in [2.75, 3.05) is 0 Å². The number of benzene rings is 5. The summed E-state index contributed by atoms with van der Waals surface area (Å²) in [6, 6.07) is 36.9. The van der Waals surface area contributed by atoms with E-state index < -0.39 is 16.1 Å². The smallest absolute Gasteiger partial charge is 0.149 e. The van der Waals surface area contributed by atoms with Gasteiger partial charge in [-0.15, -0.1) is 29.3 Å². The second-order valence-corrected chi connectivity index (χ2v) is 27.9. The molecule has 5 heterocycles. The number of nitrogens with zero attached hydrogens (tertiary/aromatic N) is 3. The molecule has 0 saturated heterocycles. The molecule has 1 N–H and O–H groups in total. The molecule has 0 radical (unpaired) electrons. The first kappa shape index (κ1) is 37.9. The van der Waals surface area contributed by atoms with E-state index in [2.05, 4.69) is 169 Å². The first-order chi connectivity index (χ1) is 26.4. The van der Waals surface area contributed by atoms with Crippen LogP contribution in [-0.4, -0.2) is 35.8 Å². The van der Waals surface area contributed by atoms with E-state index in [0.717, 1.165) is 61.5 Å². The summed E-state index contributed by atoms with van der Waals surface area (Å²) in [6.07, 6.45) is 1.90. The molecule has 0 unspecified atom stereocenters.